The van der Waals surface area contributed by atoms with E-state index in [0.29, 0.717) is 5.69 Å². The van der Waals surface area contributed by atoms with Gasteiger partial charge in [-0.1, -0.05) is 24.6 Å². The third-order valence-corrected chi connectivity index (χ3v) is 6.94. The minimum Gasteiger partial charge on any atom is -0.406 e. The molecule has 0 bridgehead atoms. The van der Waals surface area contributed by atoms with Crippen LogP contribution in [0, 0.1) is 5.92 Å². The molecular weight excluding hydrogens is 449 g/mol. The van der Waals surface area contributed by atoms with E-state index >= 15 is 0 Å². The van der Waals surface area contributed by atoms with Crippen molar-refractivity contribution >= 4 is 17.6 Å². The fourth-order valence-corrected chi connectivity index (χ4v) is 5.53. The van der Waals surface area contributed by atoms with Gasteiger partial charge >= 0.3 is 12.4 Å². The molecule has 1 aliphatic heterocycles. The highest BCUT2D eigenvalue weighted by molar-refractivity contribution is 6.07. The number of hydrazine groups is 1. The molecule has 5 rings (SSSR count). The molecule has 0 aromatic heterocycles. The number of carbonyl (C=O) groups is 2. The Hall–Kier alpha value is -3.27. The molecule has 3 atom stereocenters. The number of nitrogens with one attached hydrogen (secondary N) is 1. The van der Waals surface area contributed by atoms with E-state index in [1.165, 1.54) is 12.1 Å². The number of carbonyl (C=O) groups excluding carboxylic acids is 2. The second kappa shape index (κ2) is 8.50. The molecule has 7 nitrogen and oxygen atoms in total. The van der Waals surface area contributed by atoms with Crippen LogP contribution in [-0.2, 0) is 0 Å². The average Bonchev–Trinajstić information content (AvgIpc) is 3.53. The van der Waals surface area contributed by atoms with E-state index in [-0.39, 0.29) is 47.3 Å². The van der Waals surface area contributed by atoms with Crippen LogP contribution in [0.25, 0.3) is 0 Å². The number of rotatable bonds is 4. The Balaban J connectivity index is 1.52. The molecule has 2 aliphatic carbocycles. The molecule has 1 heterocycles. The third-order valence-electron chi connectivity index (χ3n) is 6.94. The number of fused-ring (bicyclic) bond motifs is 2. The summed E-state index contributed by atoms with van der Waals surface area (Å²) in [6.07, 6.45) is -0.430. The summed E-state index contributed by atoms with van der Waals surface area (Å²) in [5, 5.41) is 0. The molecule has 3 amide bonds. The van der Waals surface area contributed by atoms with E-state index in [1.807, 2.05) is 29.2 Å². The maximum atomic E-state index is 13.7. The van der Waals surface area contributed by atoms with Gasteiger partial charge in [-0.2, -0.15) is 0 Å². The van der Waals surface area contributed by atoms with Crippen molar-refractivity contribution < 1.29 is 27.5 Å². The number of anilines is 1. The number of alkyl halides is 3. The first-order valence-corrected chi connectivity index (χ1v) is 11.4. The molecule has 3 aliphatic rings. The SMILES string of the molecule is NNC(=O)N(C1CC1)[C@H]1c2ccccc2N(C(=O)c2ccc(OC(F)(F)F)cc2)[C@@H]2CCC[C@@H]21. The predicted octanol–water partition coefficient (Wildman–Crippen LogP) is 4.50. The second-order valence-electron chi connectivity index (χ2n) is 9.00. The predicted molar refractivity (Wildman–Crippen MR) is 118 cm³/mol. The van der Waals surface area contributed by atoms with Crippen LogP contribution in [0.2, 0.25) is 0 Å². The van der Waals surface area contributed by atoms with Crippen molar-refractivity contribution in [3.63, 3.8) is 0 Å². The molecule has 2 saturated carbocycles. The number of amides is 3. The molecule has 34 heavy (non-hydrogen) atoms. The Labute approximate surface area is 194 Å². The fraction of sp³-hybridized carbons (Fsp3) is 0.417. The van der Waals surface area contributed by atoms with E-state index in [2.05, 4.69) is 10.2 Å². The van der Waals surface area contributed by atoms with Crippen molar-refractivity contribution in [2.24, 2.45) is 11.8 Å². The molecule has 3 N–H and O–H groups in total. The number of para-hydroxylation sites is 1. The van der Waals surface area contributed by atoms with Crippen LogP contribution >= 0.6 is 0 Å². The number of nitrogens with two attached hydrogens (primary N) is 1. The minimum absolute atomic E-state index is 0.0320. The Bertz CT molecular complexity index is 1090. The highest BCUT2D eigenvalue weighted by Gasteiger charge is 2.51. The lowest BCUT2D eigenvalue weighted by atomic mass is 9.81. The quantitative estimate of drug-likeness (QED) is 0.388. The number of urea groups is 1. The molecule has 2 aromatic rings. The van der Waals surface area contributed by atoms with Crippen molar-refractivity contribution in [2.75, 3.05) is 4.90 Å². The summed E-state index contributed by atoms with van der Waals surface area (Å²) >= 11 is 0. The first-order chi connectivity index (χ1) is 16.3. The Kier molecular flexibility index (Phi) is 5.63. The number of hydrogen-bond donors (Lipinski definition) is 2. The van der Waals surface area contributed by atoms with Crippen molar-refractivity contribution in [2.45, 2.75) is 56.6 Å². The number of halogens is 3. The summed E-state index contributed by atoms with van der Waals surface area (Å²) in [5.74, 6) is 4.88. The molecule has 2 aromatic carbocycles. The van der Waals surface area contributed by atoms with Crippen LogP contribution in [0.3, 0.4) is 0 Å². The van der Waals surface area contributed by atoms with Gasteiger partial charge in [0.25, 0.3) is 5.91 Å². The molecule has 180 valence electrons. The van der Waals surface area contributed by atoms with Gasteiger partial charge in [0, 0.05) is 29.3 Å². The summed E-state index contributed by atoms with van der Waals surface area (Å²) in [6.45, 7) is 0. The van der Waals surface area contributed by atoms with E-state index < -0.39 is 6.36 Å². The zero-order valence-electron chi connectivity index (χ0n) is 18.3. The van der Waals surface area contributed by atoms with Crippen LogP contribution in [0.4, 0.5) is 23.7 Å². The number of benzene rings is 2. The molecule has 10 heteroatoms. The van der Waals surface area contributed by atoms with E-state index in [4.69, 9.17) is 5.84 Å². The first kappa shape index (κ1) is 22.5. The van der Waals surface area contributed by atoms with Crippen molar-refractivity contribution in [1.82, 2.24) is 10.3 Å². The maximum absolute atomic E-state index is 13.7. The largest absolute Gasteiger partial charge is 0.573 e. The Morgan fingerprint density at radius 3 is 2.38 bits per heavy atom. The summed E-state index contributed by atoms with van der Waals surface area (Å²) < 4.78 is 41.5. The van der Waals surface area contributed by atoms with Gasteiger partial charge in [0.15, 0.2) is 0 Å². The standard InChI is InChI=1S/C24H25F3N4O3/c25-24(26,27)34-16-12-8-14(9-13-16)22(32)31-19-6-2-1-4-17(19)21(18-5-3-7-20(18)31)30(15-10-11-15)23(33)29-28/h1-2,4,6,8-9,12-13,15,18,20-21H,3,5,7,10-11,28H2,(H,29,33)/t18-,20+,21-/m0/s1. The Morgan fingerprint density at radius 1 is 1.03 bits per heavy atom. The van der Waals surface area contributed by atoms with E-state index in [1.54, 1.807) is 4.90 Å². The lowest BCUT2D eigenvalue weighted by Crippen LogP contribution is -2.55. The average molecular weight is 474 g/mol. The number of nitrogens with zero attached hydrogens (tertiary/aromatic N) is 2. The zero-order valence-corrected chi connectivity index (χ0v) is 18.3. The summed E-state index contributed by atoms with van der Waals surface area (Å²) in [5.41, 5.74) is 4.16. The highest BCUT2D eigenvalue weighted by Crippen LogP contribution is 2.52. The van der Waals surface area contributed by atoms with Gasteiger partial charge in [0.2, 0.25) is 0 Å². The molecule has 0 saturated heterocycles. The maximum Gasteiger partial charge on any atom is 0.573 e. The monoisotopic (exact) mass is 474 g/mol. The number of hydrogen-bond acceptors (Lipinski definition) is 4. The lowest BCUT2D eigenvalue weighted by Gasteiger charge is -2.47. The topological polar surface area (TPSA) is 87.9 Å². The van der Waals surface area contributed by atoms with Crippen LogP contribution in [-0.4, -0.2) is 35.3 Å². The molecule has 0 radical (unpaired) electrons. The van der Waals surface area contributed by atoms with Gasteiger partial charge < -0.3 is 14.5 Å². The molecular formula is C24H25F3N4O3. The van der Waals surface area contributed by atoms with Crippen molar-refractivity contribution in [1.29, 1.82) is 0 Å². The highest BCUT2D eigenvalue weighted by atomic mass is 19.4. The smallest absolute Gasteiger partial charge is 0.406 e. The summed E-state index contributed by atoms with van der Waals surface area (Å²) in [4.78, 5) is 30.0. The first-order valence-electron chi connectivity index (χ1n) is 11.4. The van der Waals surface area contributed by atoms with Crippen LogP contribution in [0.5, 0.6) is 5.75 Å². The normalized spacial score (nSPS) is 23.6. The molecule has 0 unspecified atom stereocenters. The summed E-state index contributed by atoms with van der Waals surface area (Å²) in [7, 11) is 0. The lowest BCUT2D eigenvalue weighted by molar-refractivity contribution is -0.274. The van der Waals surface area contributed by atoms with Gasteiger partial charge in [-0.05, 0) is 61.6 Å². The zero-order chi connectivity index (χ0) is 24.0. The van der Waals surface area contributed by atoms with E-state index in [9.17, 15) is 22.8 Å². The van der Waals surface area contributed by atoms with Gasteiger partial charge in [0.05, 0.1) is 6.04 Å². The number of ether oxygens (including phenoxy) is 1. The third kappa shape index (κ3) is 4.06. The van der Waals surface area contributed by atoms with Crippen molar-refractivity contribution in [3.8, 4) is 5.75 Å². The summed E-state index contributed by atoms with van der Waals surface area (Å²) in [6, 6.07) is 12.0. The van der Waals surface area contributed by atoms with Gasteiger partial charge in [-0.15, -0.1) is 13.2 Å². The second-order valence-corrected chi connectivity index (χ2v) is 9.00. The minimum atomic E-state index is -4.80. The van der Waals surface area contributed by atoms with Gasteiger partial charge in [-0.3, -0.25) is 10.2 Å². The van der Waals surface area contributed by atoms with Gasteiger partial charge in [0.1, 0.15) is 5.75 Å². The molecule has 0 spiro atoms. The van der Waals surface area contributed by atoms with E-state index in [0.717, 1.165) is 49.8 Å². The Morgan fingerprint density at radius 2 is 1.74 bits per heavy atom. The molecule has 2 fully saturated rings. The van der Waals surface area contributed by atoms with Crippen LogP contribution in [0.15, 0.2) is 48.5 Å². The van der Waals surface area contributed by atoms with Gasteiger partial charge in [-0.25, -0.2) is 10.6 Å². The van der Waals surface area contributed by atoms with Crippen LogP contribution in [0.1, 0.15) is 54.1 Å². The van der Waals surface area contributed by atoms with Crippen LogP contribution < -0.4 is 20.9 Å². The fourth-order valence-electron chi connectivity index (χ4n) is 5.53. The van der Waals surface area contributed by atoms with Crippen molar-refractivity contribution in [3.05, 3.63) is 59.7 Å².